The van der Waals surface area contributed by atoms with Gasteiger partial charge in [0, 0.05) is 32.1 Å². The number of cyclic esters (lactones) is 1. The average molecular weight is 311 g/mol. The van der Waals surface area contributed by atoms with Crippen molar-refractivity contribution in [1.29, 1.82) is 0 Å². The zero-order chi connectivity index (χ0) is 16.0. The minimum Gasteiger partial charge on any atom is -0.465 e. The molecule has 7 heteroatoms. The van der Waals surface area contributed by atoms with Crippen LogP contribution in [0.5, 0.6) is 0 Å². The van der Waals surface area contributed by atoms with E-state index in [9.17, 15) is 14.7 Å². The molecule has 3 saturated heterocycles. The average Bonchev–Trinajstić information content (AvgIpc) is 2.68. The lowest BCUT2D eigenvalue weighted by atomic mass is 9.85. The predicted octanol–water partition coefficient (Wildman–Crippen LogP) is 0.498. The molecule has 1 atom stereocenters. The van der Waals surface area contributed by atoms with Crippen molar-refractivity contribution in [3.63, 3.8) is 0 Å². The van der Waals surface area contributed by atoms with Gasteiger partial charge in [-0.1, -0.05) is 0 Å². The van der Waals surface area contributed by atoms with Crippen LogP contribution >= 0.6 is 0 Å². The van der Waals surface area contributed by atoms with Gasteiger partial charge in [0.1, 0.15) is 5.60 Å². The Morgan fingerprint density at radius 2 is 2.00 bits per heavy atom. The molecule has 3 rings (SSSR count). The molecule has 7 nitrogen and oxygen atoms in total. The van der Waals surface area contributed by atoms with Gasteiger partial charge in [-0.15, -0.1) is 0 Å². The SMILES string of the molecule is CC1(C)CC2(CN(C3CCNCC3)CCN2C(=O)O)C(=O)O1. The fourth-order valence-corrected chi connectivity index (χ4v) is 4.19. The van der Waals surface area contributed by atoms with Gasteiger partial charge >= 0.3 is 12.1 Å². The van der Waals surface area contributed by atoms with Crippen LogP contribution in [0.2, 0.25) is 0 Å². The number of ether oxygens (including phenoxy) is 1. The Kier molecular flexibility index (Phi) is 3.81. The summed E-state index contributed by atoms with van der Waals surface area (Å²) >= 11 is 0. The van der Waals surface area contributed by atoms with Crippen molar-refractivity contribution in [2.75, 3.05) is 32.7 Å². The lowest BCUT2D eigenvalue weighted by Gasteiger charge is -2.48. The van der Waals surface area contributed by atoms with Crippen molar-refractivity contribution < 1.29 is 19.4 Å². The van der Waals surface area contributed by atoms with Crippen LogP contribution in [0, 0.1) is 0 Å². The first-order valence-electron chi connectivity index (χ1n) is 8.03. The number of hydrogen-bond donors (Lipinski definition) is 2. The number of piperazine rings is 1. The van der Waals surface area contributed by atoms with Crippen molar-refractivity contribution in [2.24, 2.45) is 0 Å². The van der Waals surface area contributed by atoms with Crippen LogP contribution in [0.15, 0.2) is 0 Å². The normalized spacial score (nSPS) is 33.2. The molecule has 22 heavy (non-hydrogen) atoms. The molecule has 0 aromatic heterocycles. The Balaban J connectivity index is 1.85. The molecule has 1 spiro atoms. The number of nitrogens with one attached hydrogen (secondary N) is 1. The topological polar surface area (TPSA) is 82.1 Å². The molecule has 1 unspecified atom stereocenters. The van der Waals surface area contributed by atoms with E-state index in [0.29, 0.717) is 32.1 Å². The number of nitrogens with zero attached hydrogens (tertiary/aromatic N) is 2. The number of carbonyl (C=O) groups excluding carboxylic acids is 1. The minimum absolute atomic E-state index is 0.366. The van der Waals surface area contributed by atoms with Crippen molar-refractivity contribution in [3.8, 4) is 0 Å². The molecule has 124 valence electrons. The molecule has 0 bridgehead atoms. The second-order valence-corrected chi connectivity index (χ2v) is 7.24. The minimum atomic E-state index is -1.04. The second-order valence-electron chi connectivity index (χ2n) is 7.24. The van der Waals surface area contributed by atoms with Crippen LogP contribution in [0.3, 0.4) is 0 Å². The fraction of sp³-hybridized carbons (Fsp3) is 0.867. The number of piperidine rings is 1. The van der Waals surface area contributed by atoms with Gasteiger partial charge in [-0.3, -0.25) is 9.80 Å². The van der Waals surface area contributed by atoms with Crippen LogP contribution in [-0.2, 0) is 9.53 Å². The van der Waals surface area contributed by atoms with Crippen molar-refractivity contribution in [1.82, 2.24) is 15.1 Å². The molecule has 0 aromatic carbocycles. The summed E-state index contributed by atoms with van der Waals surface area (Å²) < 4.78 is 5.48. The third-order valence-electron chi connectivity index (χ3n) is 5.12. The smallest absolute Gasteiger partial charge is 0.408 e. The number of rotatable bonds is 1. The first-order valence-corrected chi connectivity index (χ1v) is 8.03. The highest BCUT2D eigenvalue weighted by atomic mass is 16.6. The highest BCUT2D eigenvalue weighted by Crippen LogP contribution is 2.41. The van der Waals surface area contributed by atoms with Gasteiger partial charge in [-0.25, -0.2) is 9.59 Å². The van der Waals surface area contributed by atoms with Gasteiger partial charge in [0.25, 0.3) is 0 Å². The Bertz CT molecular complexity index is 475. The van der Waals surface area contributed by atoms with Crippen LogP contribution in [-0.4, -0.2) is 76.9 Å². The molecular weight excluding hydrogens is 286 g/mol. The summed E-state index contributed by atoms with van der Waals surface area (Å²) in [5.74, 6) is -0.390. The van der Waals surface area contributed by atoms with E-state index in [2.05, 4.69) is 10.2 Å². The molecule has 0 aliphatic carbocycles. The zero-order valence-corrected chi connectivity index (χ0v) is 13.3. The predicted molar refractivity (Wildman–Crippen MR) is 79.7 cm³/mol. The summed E-state index contributed by atoms with van der Waals surface area (Å²) in [5, 5.41) is 12.9. The van der Waals surface area contributed by atoms with Gasteiger partial charge in [-0.2, -0.15) is 0 Å². The van der Waals surface area contributed by atoms with Crippen molar-refractivity contribution in [3.05, 3.63) is 0 Å². The highest BCUT2D eigenvalue weighted by molar-refractivity contribution is 5.88. The molecule has 3 fully saturated rings. The molecule has 0 saturated carbocycles. The quantitative estimate of drug-likeness (QED) is 0.686. The fourth-order valence-electron chi connectivity index (χ4n) is 4.19. The summed E-state index contributed by atoms with van der Waals surface area (Å²) in [4.78, 5) is 27.8. The monoisotopic (exact) mass is 311 g/mol. The molecule has 0 radical (unpaired) electrons. The first-order chi connectivity index (χ1) is 10.3. The molecule has 3 heterocycles. The Morgan fingerprint density at radius 1 is 1.32 bits per heavy atom. The third kappa shape index (κ3) is 2.56. The Morgan fingerprint density at radius 3 is 2.55 bits per heavy atom. The van der Waals surface area contributed by atoms with Gasteiger partial charge in [0.15, 0.2) is 5.54 Å². The Hall–Kier alpha value is -1.34. The third-order valence-corrected chi connectivity index (χ3v) is 5.12. The maximum atomic E-state index is 12.5. The second kappa shape index (κ2) is 5.38. The van der Waals surface area contributed by atoms with E-state index in [4.69, 9.17) is 4.74 Å². The van der Waals surface area contributed by atoms with E-state index in [1.807, 2.05) is 13.8 Å². The van der Waals surface area contributed by atoms with Crippen LogP contribution in [0.1, 0.15) is 33.1 Å². The standard InChI is InChI=1S/C15H25N3O4/c1-14(2)9-15(12(19)22-14)10-17(7-8-18(15)13(20)21)11-3-5-16-6-4-11/h11,16H,3-10H2,1-2H3,(H,20,21). The van der Waals surface area contributed by atoms with E-state index >= 15 is 0 Å². The van der Waals surface area contributed by atoms with Gasteiger partial charge in [0.2, 0.25) is 0 Å². The highest BCUT2D eigenvalue weighted by Gasteiger charge is 2.60. The number of carboxylic acid groups (broad SMARTS) is 1. The van der Waals surface area contributed by atoms with E-state index < -0.39 is 23.2 Å². The lowest BCUT2D eigenvalue weighted by Crippen LogP contribution is -2.68. The number of hydrogen-bond acceptors (Lipinski definition) is 5. The van der Waals surface area contributed by atoms with Crippen LogP contribution < -0.4 is 5.32 Å². The van der Waals surface area contributed by atoms with Crippen LogP contribution in [0.25, 0.3) is 0 Å². The van der Waals surface area contributed by atoms with E-state index in [1.165, 1.54) is 4.90 Å². The summed E-state index contributed by atoms with van der Waals surface area (Å²) in [7, 11) is 0. The summed E-state index contributed by atoms with van der Waals surface area (Å²) in [5.41, 5.74) is -1.65. The van der Waals surface area contributed by atoms with E-state index in [-0.39, 0.29) is 0 Å². The van der Waals surface area contributed by atoms with Crippen molar-refractivity contribution in [2.45, 2.75) is 50.3 Å². The molecule has 1 amide bonds. The molecular formula is C15H25N3O4. The number of esters is 1. The van der Waals surface area contributed by atoms with Crippen LogP contribution in [0.4, 0.5) is 4.79 Å². The van der Waals surface area contributed by atoms with E-state index in [0.717, 1.165) is 25.9 Å². The summed E-state index contributed by atoms with van der Waals surface area (Å²) in [6.45, 7) is 7.16. The largest absolute Gasteiger partial charge is 0.465 e. The number of amides is 1. The molecule has 3 aliphatic heterocycles. The first kappa shape index (κ1) is 15.6. The molecule has 0 aromatic rings. The van der Waals surface area contributed by atoms with Gasteiger partial charge in [0.05, 0.1) is 0 Å². The van der Waals surface area contributed by atoms with Gasteiger partial charge in [-0.05, 0) is 39.8 Å². The Labute approximate surface area is 130 Å². The summed E-state index contributed by atoms with van der Waals surface area (Å²) in [6.07, 6.45) is 1.48. The van der Waals surface area contributed by atoms with Crippen molar-refractivity contribution >= 4 is 12.1 Å². The molecule has 3 aliphatic rings. The van der Waals surface area contributed by atoms with E-state index in [1.54, 1.807) is 0 Å². The summed E-state index contributed by atoms with van der Waals surface area (Å²) in [6, 6.07) is 0.422. The number of carbonyl (C=O) groups is 2. The maximum Gasteiger partial charge on any atom is 0.408 e. The van der Waals surface area contributed by atoms with Gasteiger partial charge < -0.3 is 15.2 Å². The lowest BCUT2D eigenvalue weighted by molar-refractivity contribution is -0.156. The molecule has 2 N–H and O–H groups in total. The zero-order valence-electron chi connectivity index (χ0n) is 13.3. The maximum absolute atomic E-state index is 12.5.